The fourth-order valence-corrected chi connectivity index (χ4v) is 2.28. The number of aryl methyl sites for hydroxylation is 1. The Labute approximate surface area is 112 Å². The summed E-state index contributed by atoms with van der Waals surface area (Å²) in [6.07, 6.45) is 4.48. The number of aliphatic hydroxyl groups is 1. The highest BCUT2D eigenvalue weighted by atomic mass is 19.1. The molecule has 1 aromatic carbocycles. The van der Waals surface area contributed by atoms with E-state index in [1.54, 1.807) is 19.2 Å². The van der Waals surface area contributed by atoms with Gasteiger partial charge in [0.2, 0.25) is 0 Å². The standard InChI is InChI=1S/C15H19FN2O/c1-3-18-8-7-17-14(18)11-15(2,19)10-12-5-4-6-13(16)9-12/h4-9,19H,3,10-11H2,1-2H3. The Kier molecular flexibility index (Phi) is 4.00. The minimum atomic E-state index is -0.938. The average Bonchev–Trinajstić information content (AvgIpc) is 2.74. The zero-order valence-corrected chi connectivity index (χ0v) is 11.3. The van der Waals surface area contributed by atoms with E-state index in [0.717, 1.165) is 17.9 Å². The van der Waals surface area contributed by atoms with E-state index in [-0.39, 0.29) is 5.82 Å². The largest absolute Gasteiger partial charge is 0.389 e. The van der Waals surface area contributed by atoms with Gasteiger partial charge in [-0.1, -0.05) is 12.1 Å². The van der Waals surface area contributed by atoms with Gasteiger partial charge in [0.1, 0.15) is 11.6 Å². The van der Waals surface area contributed by atoms with Crippen molar-refractivity contribution in [2.24, 2.45) is 0 Å². The summed E-state index contributed by atoms with van der Waals surface area (Å²) in [7, 11) is 0. The predicted molar refractivity (Wildman–Crippen MR) is 72.3 cm³/mol. The number of imidazole rings is 1. The molecule has 2 rings (SSSR count). The molecule has 0 saturated heterocycles. The van der Waals surface area contributed by atoms with Gasteiger partial charge in [-0.25, -0.2) is 9.37 Å². The summed E-state index contributed by atoms with van der Waals surface area (Å²) in [6.45, 7) is 4.62. The molecule has 1 unspecified atom stereocenters. The second kappa shape index (κ2) is 5.53. The molecule has 0 bridgehead atoms. The molecule has 0 radical (unpaired) electrons. The summed E-state index contributed by atoms with van der Waals surface area (Å²) in [6, 6.07) is 6.35. The van der Waals surface area contributed by atoms with Gasteiger partial charge in [0.05, 0.1) is 5.60 Å². The molecule has 0 fully saturated rings. The maximum absolute atomic E-state index is 13.1. The monoisotopic (exact) mass is 262 g/mol. The number of benzene rings is 1. The highest BCUT2D eigenvalue weighted by molar-refractivity contribution is 5.18. The van der Waals surface area contributed by atoms with Crippen LogP contribution in [0.25, 0.3) is 0 Å². The summed E-state index contributed by atoms with van der Waals surface area (Å²) in [5.41, 5.74) is -0.147. The van der Waals surface area contributed by atoms with Crippen LogP contribution in [0.5, 0.6) is 0 Å². The topological polar surface area (TPSA) is 38.0 Å². The first kappa shape index (κ1) is 13.7. The van der Waals surface area contributed by atoms with Crippen molar-refractivity contribution < 1.29 is 9.50 Å². The van der Waals surface area contributed by atoms with E-state index in [1.807, 2.05) is 23.8 Å². The molecule has 2 aromatic rings. The minimum absolute atomic E-state index is 0.275. The molecule has 1 aromatic heterocycles. The molecule has 0 aliphatic carbocycles. The maximum atomic E-state index is 13.1. The fourth-order valence-electron chi connectivity index (χ4n) is 2.28. The Hall–Kier alpha value is -1.68. The van der Waals surface area contributed by atoms with Gasteiger partial charge >= 0.3 is 0 Å². The first-order valence-corrected chi connectivity index (χ1v) is 6.47. The molecule has 0 aliphatic heterocycles. The van der Waals surface area contributed by atoms with Crippen molar-refractivity contribution >= 4 is 0 Å². The van der Waals surface area contributed by atoms with Crippen LogP contribution < -0.4 is 0 Å². The van der Waals surface area contributed by atoms with E-state index in [4.69, 9.17) is 0 Å². The fraction of sp³-hybridized carbons (Fsp3) is 0.400. The lowest BCUT2D eigenvalue weighted by molar-refractivity contribution is 0.0578. The van der Waals surface area contributed by atoms with Crippen LogP contribution in [-0.4, -0.2) is 20.3 Å². The van der Waals surface area contributed by atoms with Crippen LogP contribution in [0.1, 0.15) is 25.2 Å². The van der Waals surface area contributed by atoms with Gasteiger partial charge in [-0.05, 0) is 31.5 Å². The molecule has 3 nitrogen and oxygen atoms in total. The summed E-state index contributed by atoms with van der Waals surface area (Å²) >= 11 is 0. The van der Waals surface area contributed by atoms with E-state index in [1.165, 1.54) is 12.1 Å². The lowest BCUT2D eigenvalue weighted by Gasteiger charge is -2.23. The quantitative estimate of drug-likeness (QED) is 0.899. The highest BCUT2D eigenvalue weighted by Crippen LogP contribution is 2.18. The van der Waals surface area contributed by atoms with Gasteiger partial charge in [-0.2, -0.15) is 0 Å². The molecular formula is C15H19FN2O. The number of nitrogens with zero attached hydrogens (tertiary/aromatic N) is 2. The molecule has 102 valence electrons. The molecule has 4 heteroatoms. The van der Waals surface area contributed by atoms with Crippen molar-refractivity contribution in [1.29, 1.82) is 0 Å². The van der Waals surface area contributed by atoms with Crippen LogP contribution in [-0.2, 0) is 19.4 Å². The van der Waals surface area contributed by atoms with Crippen molar-refractivity contribution in [1.82, 2.24) is 9.55 Å². The summed E-state index contributed by atoms with van der Waals surface area (Å²) < 4.78 is 15.1. The van der Waals surface area contributed by atoms with Crippen LogP contribution in [0.4, 0.5) is 4.39 Å². The molecule has 0 saturated carbocycles. The predicted octanol–water partition coefficient (Wildman–Crippen LogP) is 2.58. The van der Waals surface area contributed by atoms with Gasteiger partial charge in [0, 0.05) is 31.8 Å². The Balaban J connectivity index is 2.10. The molecule has 1 N–H and O–H groups in total. The first-order valence-electron chi connectivity index (χ1n) is 6.47. The van der Waals surface area contributed by atoms with Gasteiger partial charge < -0.3 is 9.67 Å². The number of rotatable bonds is 5. The Bertz CT molecular complexity index is 549. The summed E-state index contributed by atoms with van der Waals surface area (Å²) in [5.74, 6) is 0.576. The maximum Gasteiger partial charge on any atom is 0.123 e. The average molecular weight is 262 g/mol. The van der Waals surface area contributed by atoms with Crippen molar-refractivity contribution in [2.45, 2.75) is 38.8 Å². The second-order valence-electron chi connectivity index (χ2n) is 5.11. The molecule has 1 heterocycles. The number of hydrogen-bond donors (Lipinski definition) is 1. The van der Waals surface area contributed by atoms with Crippen molar-refractivity contribution in [3.8, 4) is 0 Å². The Morgan fingerprint density at radius 3 is 2.84 bits per heavy atom. The zero-order valence-electron chi connectivity index (χ0n) is 11.3. The molecule has 0 amide bonds. The lowest BCUT2D eigenvalue weighted by Crippen LogP contribution is -2.31. The van der Waals surface area contributed by atoms with Gasteiger partial charge in [0.25, 0.3) is 0 Å². The molecule has 19 heavy (non-hydrogen) atoms. The highest BCUT2D eigenvalue weighted by Gasteiger charge is 2.24. The van der Waals surface area contributed by atoms with Gasteiger partial charge in [0.15, 0.2) is 0 Å². The smallest absolute Gasteiger partial charge is 0.123 e. The molecule has 0 spiro atoms. The van der Waals surface area contributed by atoms with Gasteiger partial charge in [-0.3, -0.25) is 0 Å². The second-order valence-corrected chi connectivity index (χ2v) is 5.11. The number of halogens is 1. The third-order valence-electron chi connectivity index (χ3n) is 3.16. The SMILES string of the molecule is CCn1ccnc1CC(C)(O)Cc1cccc(F)c1. The zero-order chi connectivity index (χ0) is 13.9. The van der Waals surface area contributed by atoms with Crippen LogP contribution in [0.15, 0.2) is 36.7 Å². The van der Waals surface area contributed by atoms with E-state index in [0.29, 0.717) is 12.8 Å². The number of hydrogen-bond acceptors (Lipinski definition) is 2. The van der Waals surface area contributed by atoms with E-state index < -0.39 is 5.60 Å². The third-order valence-corrected chi connectivity index (χ3v) is 3.16. The van der Waals surface area contributed by atoms with E-state index in [9.17, 15) is 9.50 Å². The molecule has 0 aliphatic rings. The summed E-state index contributed by atoms with van der Waals surface area (Å²) in [5, 5.41) is 10.5. The molecular weight excluding hydrogens is 243 g/mol. The normalized spacial score (nSPS) is 14.3. The van der Waals surface area contributed by atoms with Crippen LogP contribution in [0.2, 0.25) is 0 Å². The van der Waals surface area contributed by atoms with Crippen molar-refractivity contribution in [3.05, 3.63) is 53.9 Å². The lowest BCUT2D eigenvalue weighted by atomic mass is 9.93. The van der Waals surface area contributed by atoms with Crippen molar-refractivity contribution in [3.63, 3.8) is 0 Å². The first-order chi connectivity index (χ1) is 9.00. The van der Waals surface area contributed by atoms with Crippen LogP contribution in [0.3, 0.4) is 0 Å². The minimum Gasteiger partial charge on any atom is -0.389 e. The van der Waals surface area contributed by atoms with Crippen LogP contribution in [0, 0.1) is 5.82 Å². The van der Waals surface area contributed by atoms with E-state index >= 15 is 0 Å². The van der Waals surface area contributed by atoms with Gasteiger partial charge in [-0.15, -0.1) is 0 Å². The Morgan fingerprint density at radius 1 is 1.37 bits per heavy atom. The number of aromatic nitrogens is 2. The van der Waals surface area contributed by atoms with Crippen LogP contribution >= 0.6 is 0 Å². The van der Waals surface area contributed by atoms with E-state index in [2.05, 4.69) is 4.98 Å². The Morgan fingerprint density at radius 2 is 2.16 bits per heavy atom. The third kappa shape index (κ3) is 3.64. The van der Waals surface area contributed by atoms with Crippen molar-refractivity contribution in [2.75, 3.05) is 0 Å². The summed E-state index contributed by atoms with van der Waals surface area (Å²) in [4.78, 5) is 4.26. The molecule has 1 atom stereocenters.